The number of nitrogens with two attached hydrogens (primary N) is 1. The van der Waals surface area contributed by atoms with Crippen LogP contribution in [0.1, 0.15) is 11.6 Å². The standard InChI is InChI=1S/C9H10FNO2.ClH/c1-13-9(12)8(11)6-4-2-3-5-7(6)10;/h2-5,8H,11H2,1H3;1H/t8-;/m0./s1. The van der Waals surface area contributed by atoms with Gasteiger partial charge in [-0.05, 0) is 6.07 Å². The summed E-state index contributed by atoms with van der Waals surface area (Å²) in [5.41, 5.74) is 5.58. The van der Waals surface area contributed by atoms with Gasteiger partial charge in [-0.3, -0.25) is 4.79 Å². The third kappa shape index (κ3) is 2.68. The Kier molecular flexibility index (Phi) is 5.12. The maximum absolute atomic E-state index is 13.0. The van der Waals surface area contributed by atoms with E-state index >= 15 is 0 Å². The molecule has 0 aliphatic heterocycles. The average molecular weight is 220 g/mol. The van der Waals surface area contributed by atoms with Gasteiger partial charge in [0.15, 0.2) is 0 Å². The lowest BCUT2D eigenvalue weighted by Gasteiger charge is -2.09. The highest BCUT2D eigenvalue weighted by molar-refractivity contribution is 5.85. The summed E-state index contributed by atoms with van der Waals surface area (Å²) < 4.78 is 17.4. The molecule has 5 heteroatoms. The molecule has 1 atom stereocenters. The molecule has 2 N–H and O–H groups in total. The molecule has 0 spiro atoms. The minimum atomic E-state index is -1.05. The number of rotatable bonds is 2. The molecule has 0 radical (unpaired) electrons. The third-order valence-corrected chi connectivity index (χ3v) is 1.70. The van der Waals surface area contributed by atoms with Crippen molar-refractivity contribution in [2.75, 3.05) is 7.11 Å². The molecule has 0 saturated carbocycles. The summed E-state index contributed by atoms with van der Waals surface area (Å²) in [5.74, 6) is -1.15. The summed E-state index contributed by atoms with van der Waals surface area (Å²) in [6.07, 6.45) is 0. The first-order valence-electron chi connectivity index (χ1n) is 3.74. The third-order valence-electron chi connectivity index (χ3n) is 1.70. The number of methoxy groups -OCH3 is 1. The number of benzene rings is 1. The quantitative estimate of drug-likeness (QED) is 0.766. The molecule has 0 aliphatic carbocycles. The first kappa shape index (κ1) is 12.9. The Balaban J connectivity index is 0.00000169. The van der Waals surface area contributed by atoms with Crippen molar-refractivity contribution in [1.29, 1.82) is 0 Å². The molecule has 0 aromatic heterocycles. The lowest BCUT2D eigenvalue weighted by Crippen LogP contribution is -2.23. The van der Waals surface area contributed by atoms with Crippen LogP contribution in [0.2, 0.25) is 0 Å². The van der Waals surface area contributed by atoms with Gasteiger partial charge in [-0.25, -0.2) is 4.39 Å². The second-order valence-electron chi connectivity index (χ2n) is 2.52. The molecule has 0 aliphatic rings. The highest BCUT2D eigenvalue weighted by Crippen LogP contribution is 2.15. The van der Waals surface area contributed by atoms with Crippen LogP contribution in [0.15, 0.2) is 24.3 Å². The molecule has 0 saturated heterocycles. The second kappa shape index (κ2) is 5.57. The van der Waals surface area contributed by atoms with Crippen molar-refractivity contribution >= 4 is 18.4 Å². The van der Waals surface area contributed by atoms with Crippen LogP contribution in [0, 0.1) is 5.82 Å². The van der Waals surface area contributed by atoms with E-state index in [1.165, 1.54) is 25.3 Å². The van der Waals surface area contributed by atoms with Gasteiger partial charge >= 0.3 is 5.97 Å². The molecular weight excluding hydrogens is 209 g/mol. The van der Waals surface area contributed by atoms with Crippen molar-refractivity contribution in [3.05, 3.63) is 35.6 Å². The van der Waals surface area contributed by atoms with Crippen molar-refractivity contribution in [3.8, 4) is 0 Å². The van der Waals surface area contributed by atoms with Gasteiger partial charge in [-0.2, -0.15) is 0 Å². The van der Waals surface area contributed by atoms with Gasteiger partial charge in [-0.15, -0.1) is 12.4 Å². The summed E-state index contributed by atoms with van der Waals surface area (Å²) in [6, 6.07) is 4.80. The van der Waals surface area contributed by atoms with E-state index in [0.29, 0.717) is 0 Å². The van der Waals surface area contributed by atoms with E-state index in [1.807, 2.05) is 0 Å². The summed E-state index contributed by atoms with van der Waals surface area (Å²) in [7, 11) is 1.21. The zero-order chi connectivity index (χ0) is 9.84. The van der Waals surface area contributed by atoms with Crippen LogP contribution < -0.4 is 5.73 Å². The average Bonchev–Trinajstić information content (AvgIpc) is 2.16. The van der Waals surface area contributed by atoms with Gasteiger partial charge in [0.2, 0.25) is 0 Å². The monoisotopic (exact) mass is 219 g/mol. The molecule has 14 heavy (non-hydrogen) atoms. The van der Waals surface area contributed by atoms with Gasteiger partial charge in [-0.1, -0.05) is 18.2 Å². The zero-order valence-corrected chi connectivity index (χ0v) is 8.38. The number of carbonyl (C=O) groups is 1. The molecule has 0 amide bonds. The number of hydrogen-bond donors (Lipinski definition) is 1. The molecule has 1 aromatic carbocycles. The van der Waals surface area contributed by atoms with E-state index in [0.717, 1.165) is 0 Å². The van der Waals surface area contributed by atoms with Gasteiger partial charge in [0.25, 0.3) is 0 Å². The molecule has 0 bridgehead atoms. The van der Waals surface area contributed by atoms with E-state index in [2.05, 4.69) is 4.74 Å². The maximum atomic E-state index is 13.0. The topological polar surface area (TPSA) is 52.3 Å². The molecule has 3 nitrogen and oxygen atoms in total. The minimum Gasteiger partial charge on any atom is -0.468 e. The van der Waals surface area contributed by atoms with Crippen molar-refractivity contribution in [2.24, 2.45) is 5.73 Å². The second-order valence-corrected chi connectivity index (χ2v) is 2.52. The van der Waals surface area contributed by atoms with Crippen LogP contribution in [0.5, 0.6) is 0 Å². The van der Waals surface area contributed by atoms with Gasteiger partial charge in [0.05, 0.1) is 7.11 Å². The molecule has 78 valence electrons. The summed E-state index contributed by atoms with van der Waals surface area (Å²) >= 11 is 0. The van der Waals surface area contributed by atoms with Gasteiger partial charge < -0.3 is 10.5 Å². The number of esters is 1. The summed E-state index contributed by atoms with van der Waals surface area (Å²) in [6.45, 7) is 0. The number of carbonyl (C=O) groups excluding carboxylic acids is 1. The molecule has 0 heterocycles. The Morgan fingerprint density at radius 1 is 1.50 bits per heavy atom. The summed E-state index contributed by atoms with van der Waals surface area (Å²) in [4.78, 5) is 11.0. The van der Waals surface area contributed by atoms with Crippen molar-refractivity contribution < 1.29 is 13.9 Å². The fourth-order valence-electron chi connectivity index (χ4n) is 0.981. The first-order chi connectivity index (χ1) is 6.16. The molecular formula is C9H11ClFNO2. The van der Waals surface area contributed by atoms with Crippen molar-refractivity contribution in [2.45, 2.75) is 6.04 Å². The van der Waals surface area contributed by atoms with E-state index in [4.69, 9.17) is 5.73 Å². The maximum Gasteiger partial charge on any atom is 0.327 e. The minimum absolute atomic E-state index is 0. The Labute approximate surface area is 87.5 Å². The molecule has 0 fully saturated rings. The highest BCUT2D eigenvalue weighted by atomic mass is 35.5. The van der Waals surface area contributed by atoms with E-state index in [1.54, 1.807) is 6.07 Å². The van der Waals surface area contributed by atoms with Crippen molar-refractivity contribution in [3.63, 3.8) is 0 Å². The Bertz CT molecular complexity index is 319. The van der Waals surface area contributed by atoms with Crippen LogP contribution in [-0.2, 0) is 9.53 Å². The highest BCUT2D eigenvalue weighted by Gasteiger charge is 2.18. The largest absolute Gasteiger partial charge is 0.468 e. The predicted molar refractivity (Wildman–Crippen MR) is 52.6 cm³/mol. The van der Waals surface area contributed by atoms with Crippen LogP contribution in [0.4, 0.5) is 4.39 Å². The Morgan fingerprint density at radius 2 is 2.07 bits per heavy atom. The SMILES string of the molecule is COC(=O)[C@@H](N)c1ccccc1F.Cl. The zero-order valence-electron chi connectivity index (χ0n) is 7.57. The van der Waals surface area contributed by atoms with Gasteiger partial charge in [0.1, 0.15) is 11.9 Å². The summed E-state index contributed by atoms with van der Waals surface area (Å²) in [5, 5.41) is 0. The lowest BCUT2D eigenvalue weighted by atomic mass is 10.1. The van der Waals surface area contributed by atoms with Crippen LogP contribution >= 0.6 is 12.4 Å². The fourth-order valence-corrected chi connectivity index (χ4v) is 0.981. The number of ether oxygens (including phenoxy) is 1. The van der Waals surface area contributed by atoms with Crippen molar-refractivity contribution in [1.82, 2.24) is 0 Å². The van der Waals surface area contributed by atoms with Crippen LogP contribution in [0.3, 0.4) is 0 Å². The number of hydrogen-bond acceptors (Lipinski definition) is 3. The Morgan fingerprint density at radius 3 is 2.57 bits per heavy atom. The number of halogens is 2. The molecule has 0 unspecified atom stereocenters. The normalized spacial score (nSPS) is 11.4. The van der Waals surface area contributed by atoms with Crippen LogP contribution in [0.25, 0.3) is 0 Å². The van der Waals surface area contributed by atoms with E-state index < -0.39 is 17.8 Å². The van der Waals surface area contributed by atoms with E-state index in [-0.39, 0.29) is 18.0 Å². The smallest absolute Gasteiger partial charge is 0.327 e. The van der Waals surface area contributed by atoms with E-state index in [9.17, 15) is 9.18 Å². The lowest BCUT2D eigenvalue weighted by molar-refractivity contribution is -0.142. The predicted octanol–water partition coefficient (Wildman–Crippen LogP) is 1.42. The first-order valence-corrected chi connectivity index (χ1v) is 3.74. The molecule has 1 aromatic rings. The fraction of sp³-hybridized carbons (Fsp3) is 0.222. The van der Waals surface area contributed by atoms with Crippen LogP contribution in [-0.4, -0.2) is 13.1 Å². The Hall–Kier alpha value is -1.13. The molecule has 1 rings (SSSR count). The van der Waals surface area contributed by atoms with Gasteiger partial charge in [0, 0.05) is 5.56 Å².